The number of aryl methyl sites for hydroxylation is 2. The Morgan fingerprint density at radius 3 is 2.67 bits per heavy atom. The molecule has 1 aliphatic rings. The van der Waals surface area contributed by atoms with Crippen molar-refractivity contribution in [1.82, 2.24) is 10.2 Å². The molecule has 0 unspecified atom stereocenters. The molecule has 0 spiro atoms. The number of rotatable bonds is 4. The summed E-state index contributed by atoms with van der Waals surface area (Å²) >= 11 is 0. The molecule has 1 fully saturated rings. The second kappa shape index (κ2) is 7.40. The third-order valence-corrected chi connectivity index (χ3v) is 4.20. The van der Waals surface area contributed by atoms with E-state index in [0.29, 0.717) is 18.9 Å². The van der Waals surface area contributed by atoms with Crippen molar-refractivity contribution < 1.29 is 9.53 Å². The molecular weight excluding hydrogens is 304 g/mol. The lowest BCUT2D eigenvalue weighted by Crippen LogP contribution is -2.37. The number of para-hydroxylation sites is 1. The van der Waals surface area contributed by atoms with E-state index in [1.807, 2.05) is 31.2 Å². The predicted octanol–water partition coefficient (Wildman–Crippen LogP) is 2.44. The van der Waals surface area contributed by atoms with Crippen LogP contribution in [0.4, 0.5) is 11.5 Å². The van der Waals surface area contributed by atoms with E-state index < -0.39 is 0 Å². The van der Waals surface area contributed by atoms with Crippen molar-refractivity contribution in [2.45, 2.75) is 20.3 Å². The zero-order valence-corrected chi connectivity index (χ0v) is 14.1. The monoisotopic (exact) mass is 326 g/mol. The SMILES string of the molecule is CCc1cccc(C)c1NC(=O)c1ccc(N2CCOCC2)nn1. The summed E-state index contributed by atoms with van der Waals surface area (Å²) in [5.74, 6) is 0.542. The zero-order chi connectivity index (χ0) is 16.9. The van der Waals surface area contributed by atoms with Crippen LogP contribution in [0.15, 0.2) is 30.3 Å². The second-order valence-electron chi connectivity index (χ2n) is 5.79. The molecule has 24 heavy (non-hydrogen) atoms. The lowest BCUT2D eigenvalue weighted by atomic mass is 10.1. The molecule has 126 valence electrons. The molecule has 1 amide bonds. The summed E-state index contributed by atoms with van der Waals surface area (Å²) in [5, 5.41) is 11.3. The zero-order valence-electron chi connectivity index (χ0n) is 14.1. The first-order valence-electron chi connectivity index (χ1n) is 8.25. The number of hydrogen-bond donors (Lipinski definition) is 1. The van der Waals surface area contributed by atoms with Gasteiger partial charge in [-0.05, 0) is 36.6 Å². The van der Waals surface area contributed by atoms with Crippen LogP contribution in [0.5, 0.6) is 0 Å². The van der Waals surface area contributed by atoms with E-state index >= 15 is 0 Å². The Bertz CT molecular complexity index is 709. The van der Waals surface area contributed by atoms with Crippen LogP contribution in [0.1, 0.15) is 28.5 Å². The number of hydrogen-bond acceptors (Lipinski definition) is 5. The van der Waals surface area contributed by atoms with Gasteiger partial charge in [-0.2, -0.15) is 0 Å². The number of morpholine rings is 1. The number of benzene rings is 1. The van der Waals surface area contributed by atoms with Crippen LogP contribution >= 0.6 is 0 Å². The summed E-state index contributed by atoms with van der Waals surface area (Å²) in [4.78, 5) is 14.6. The largest absolute Gasteiger partial charge is 0.378 e. The van der Waals surface area contributed by atoms with E-state index in [-0.39, 0.29) is 5.91 Å². The lowest BCUT2D eigenvalue weighted by Gasteiger charge is -2.27. The molecule has 1 aromatic heterocycles. The van der Waals surface area contributed by atoms with Gasteiger partial charge in [0.05, 0.1) is 13.2 Å². The van der Waals surface area contributed by atoms with Gasteiger partial charge in [-0.15, -0.1) is 10.2 Å². The van der Waals surface area contributed by atoms with Crippen molar-refractivity contribution in [2.24, 2.45) is 0 Å². The van der Waals surface area contributed by atoms with Gasteiger partial charge in [-0.3, -0.25) is 4.79 Å². The van der Waals surface area contributed by atoms with Crippen LogP contribution in [-0.4, -0.2) is 42.4 Å². The lowest BCUT2D eigenvalue weighted by molar-refractivity contribution is 0.102. The molecular formula is C18H22N4O2. The Labute approximate surface area is 141 Å². The molecule has 0 bridgehead atoms. The number of aromatic nitrogens is 2. The quantitative estimate of drug-likeness (QED) is 0.935. The molecule has 1 saturated heterocycles. The summed E-state index contributed by atoms with van der Waals surface area (Å²) in [5.41, 5.74) is 3.34. The van der Waals surface area contributed by atoms with Crippen LogP contribution in [0.2, 0.25) is 0 Å². The highest BCUT2D eigenvalue weighted by Gasteiger charge is 2.15. The van der Waals surface area contributed by atoms with Gasteiger partial charge >= 0.3 is 0 Å². The fraction of sp³-hybridized carbons (Fsp3) is 0.389. The number of amides is 1. The van der Waals surface area contributed by atoms with Gasteiger partial charge in [0.2, 0.25) is 0 Å². The van der Waals surface area contributed by atoms with Crippen molar-refractivity contribution in [3.8, 4) is 0 Å². The highest BCUT2D eigenvalue weighted by atomic mass is 16.5. The van der Waals surface area contributed by atoms with Crippen LogP contribution < -0.4 is 10.2 Å². The highest BCUT2D eigenvalue weighted by Crippen LogP contribution is 2.21. The first kappa shape index (κ1) is 16.4. The van der Waals surface area contributed by atoms with E-state index in [0.717, 1.165) is 42.1 Å². The maximum atomic E-state index is 12.5. The fourth-order valence-electron chi connectivity index (χ4n) is 2.79. The molecule has 6 heteroatoms. The third-order valence-electron chi connectivity index (χ3n) is 4.20. The molecule has 1 aliphatic heterocycles. The molecule has 0 atom stereocenters. The molecule has 0 aliphatic carbocycles. The molecule has 3 rings (SSSR count). The highest BCUT2D eigenvalue weighted by molar-refractivity contribution is 6.03. The average Bonchev–Trinajstić information content (AvgIpc) is 2.64. The topological polar surface area (TPSA) is 67.4 Å². The number of carbonyl (C=O) groups is 1. The second-order valence-corrected chi connectivity index (χ2v) is 5.79. The number of anilines is 2. The number of ether oxygens (including phenoxy) is 1. The van der Waals surface area contributed by atoms with Gasteiger partial charge in [-0.25, -0.2) is 0 Å². The first-order valence-corrected chi connectivity index (χ1v) is 8.25. The van der Waals surface area contributed by atoms with Crippen molar-refractivity contribution >= 4 is 17.4 Å². The van der Waals surface area contributed by atoms with Gasteiger partial charge in [0, 0.05) is 18.8 Å². The third kappa shape index (κ3) is 3.54. The predicted molar refractivity (Wildman–Crippen MR) is 93.6 cm³/mol. The summed E-state index contributed by atoms with van der Waals surface area (Å²) in [6, 6.07) is 9.57. The fourth-order valence-corrected chi connectivity index (χ4v) is 2.79. The smallest absolute Gasteiger partial charge is 0.276 e. The van der Waals surface area contributed by atoms with E-state index in [2.05, 4.69) is 27.3 Å². The minimum absolute atomic E-state index is 0.236. The maximum Gasteiger partial charge on any atom is 0.276 e. The molecule has 6 nitrogen and oxygen atoms in total. The Balaban J connectivity index is 1.74. The van der Waals surface area contributed by atoms with Crippen LogP contribution in [0.3, 0.4) is 0 Å². The normalized spacial score (nSPS) is 14.5. The van der Waals surface area contributed by atoms with E-state index in [1.54, 1.807) is 6.07 Å². The molecule has 1 N–H and O–H groups in total. The number of carbonyl (C=O) groups excluding carboxylic acids is 1. The standard InChI is InChI=1S/C18H22N4O2/c1-3-14-6-4-5-13(2)17(14)19-18(23)15-7-8-16(21-20-15)22-9-11-24-12-10-22/h4-8H,3,9-12H2,1-2H3,(H,19,23). The van der Waals surface area contributed by atoms with Gasteiger partial charge in [0.15, 0.2) is 11.5 Å². The van der Waals surface area contributed by atoms with Crippen molar-refractivity contribution in [2.75, 3.05) is 36.5 Å². The van der Waals surface area contributed by atoms with Crippen molar-refractivity contribution in [1.29, 1.82) is 0 Å². The van der Waals surface area contributed by atoms with E-state index in [9.17, 15) is 4.79 Å². The average molecular weight is 326 g/mol. The van der Waals surface area contributed by atoms with Gasteiger partial charge in [0.25, 0.3) is 5.91 Å². The van der Waals surface area contributed by atoms with Crippen LogP contribution in [0, 0.1) is 6.92 Å². The van der Waals surface area contributed by atoms with Gasteiger partial charge < -0.3 is 15.0 Å². The minimum atomic E-state index is -0.236. The van der Waals surface area contributed by atoms with Crippen molar-refractivity contribution in [3.63, 3.8) is 0 Å². The molecule has 0 saturated carbocycles. The first-order chi connectivity index (χ1) is 11.7. The Kier molecular flexibility index (Phi) is 5.05. The minimum Gasteiger partial charge on any atom is -0.378 e. The summed E-state index contributed by atoms with van der Waals surface area (Å²) in [6.07, 6.45) is 0.860. The van der Waals surface area contributed by atoms with E-state index in [1.165, 1.54) is 0 Å². The Morgan fingerprint density at radius 1 is 1.21 bits per heavy atom. The van der Waals surface area contributed by atoms with Gasteiger partial charge in [-0.1, -0.05) is 25.1 Å². The number of nitrogens with one attached hydrogen (secondary N) is 1. The van der Waals surface area contributed by atoms with Crippen molar-refractivity contribution in [3.05, 3.63) is 47.2 Å². The molecule has 1 aromatic carbocycles. The summed E-state index contributed by atoms with van der Waals surface area (Å²) in [7, 11) is 0. The molecule has 2 aromatic rings. The maximum absolute atomic E-state index is 12.5. The van der Waals surface area contributed by atoms with Crippen LogP contribution in [0.25, 0.3) is 0 Å². The Morgan fingerprint density at radius 2 is 2.00 bits per heavy atom. The van der Waals surface area contributed by atoms with Gasteiger partial charge in [0.1, 0.15) is 0 Å². The van der Waals surface area contributed by atoms with Crippen LogP contribution in [-0.2, 0) is 11.2 Å². The summed E-state index contributed by atoms with van der Waals surface area (Å²) in [6.45, 7) is 7.03. The summed E-state index contributed by atoms with van der Waals surface area (Å²) < 4.78 is 5.33. The Hall–Kier alpha value is -2.47. The van der Waals surface area contributed by atoms with E-state index in [4.69, 9.17) is 4.74 Å². The molecule has 0 radical (unpaired) electrons. The molecule has 2 heterocycles. The number of nitrogens with zero attached hydrogens (tertiary/aromatic N) is 3.